The second-order valence-electron chi connectivity index (χ2n) is 12.4. The third-order valence-corrected chi connectivity index (χ3v) is 8.16. The number of halogens is 1. The van der Waals surface area contributed by atoms with E-state index in [-0.39, 0.29) is 206 Å². The normalized spacial score (nSPS) is 8.06. The van der Waals surface area contributed by atoms with Gasteiger partial charge in [0, 0.05) is 169 Å². The van der Waals surface area contributed by atoms with E-state index in [0.717, 1.165) is 64.5 Å². The van der Waals surface area contributed by atoms with E-state index in [4.69, 9.17) is 18.9 Å². The molecule has 3 unspecified atom stereocenters. The second kappa shape index (κ2) is 58.0. The molecule has 5 rings (SSSR count). The molecule has 0 saturated carbocycles. The van der Waals surface area contributed by atoms with Crippen molar-refractivity contribution in [3.63, 3.8) is 0 Å². The molecule has 0 fully saturated rings. The van der Waals surface area contributed by atoms with Gasteiger partial charge in [0.2, 0.25) is 0 Å². The summed E-state index contributed by atoms with van der Waals surface area (Å²) >= 11 is 2.85. The minimum Gasteiger partial charge on any atom is -0.508 e. The molecule has 0 aromatic heterocycles. The molecule has 0 amide bonds. The van der Waals surface area contributed by atoms with Gasteiger partial charge in [0.1, 0.15) is 28.7 Å². The third kappa shape index (κ3) is 40.2. The van der Waals surface area contributed by atoms with Gasteiger partial charge in [0.15, 0.2) is 18.9 Å². The van der Waals surface area contributed by atoms with Crippen molar-refractivity contribution in [2.45, 2.75) is 61.3 Å². The number of rotatable bonds is 9. The van der Waals surface area contributed by atoms with Crippen LogP contribution in [0.3, 0.4) is 0 Å². The number of phenols is 2. The van der Waals surface area contributed by atoms with E-state index in [2.05, 4.69) is 61.4 Å². The van der Waals surface area contributed by atoms with Crippen LogP contribution in [0.2, 0.25) is 0 Å². The van der Waals surface area contributed by atoms with Crippen LogP contribution in [0.25, 0.3) is 6.08 Å². The van der Waals surface area contributed by atoms with Crippen molar-refractivity contribution < 1.29 is 202 Å². The number of phenolic OH excluding ortho intramolecular Hbond substituents is 2. The molecular weight excluding hydrogens is 1350 g/mol. The summed E-state index contributed by atoms with van der Waals surface area (Å²) in [6, 6.07) is 27.8. The van der Waals surface area contributed by atoms with E-state index in [1.165, 1.54) is 5.56 Å². The van der Waals surface area contributed by atoms with Crippen molar-refractivity contribution in [1.29, 1.82) is 0 Å². The van der Waals surface area contributed by atoms with Crippen LogP contribution in [0.5, 0.6) is 28.7 Å². The quantitative estimate of drug-likeness (QED) is 0.0851. The zero-order chi connectivity index (χ0) is 43.3. The molecule has 17 heteroatoms. The zero-order valence-electron chi connectivity index (χ0n) is 41.8. The Morgan fingerprint density at radius 3 is 1.15 bits per heavy atom. The number of ether oxygens (including phenoxy) is 1. The molecular formula is C50H71BrO8P3Y5-5. The Labute approximate surface area is 547 Å². The molecule has 0 aliphatic carbocycles. The number of aryl methyl sites for hydroxylation is 6. The van der Waals surface area contributed by atoms with Crippen LogP contribution in [0.1, 0.15) is 90.3 Å². The fourth-order valence-corrected chi connectivity index (χ4v) is 5.13. The van der Waals surface area contributed by atoms with Gasteiger partial charge in [-0.1, -0.05) is 91.4 Å². The van der Waals surface area contributed by atoms with Gasteiger partial charge in [-0.3, -0.25) is 14.4 Å². The number of benzene rings is 5. The summed E-state index contributed by atoms with van der Waals surface area (Å²) in [5, 5.41) is 18.5. The van der Waals surface area contributed by atoms with Gasteiger partial charge in [-0.2, -0.15) is 0 Å². The Morgan fingerprint density at radius 2 is 0.821 bits per heavy atom. The summed E-state index contributed by atoms with van der Waals surface area (Å²) in [6.07, 6.45) is 8.27. The van der Waals surface area contributed by atoms with Crippen LogP contribution in [0.4, 0.5) is 0 Å². The average Bonchev–Trinajstić information content (AvgIpc) is 3.21. The van der Waals surface area contributed by atoms with E-state index in [9.17, 15) is 19.5 Å². The maximum absolute atomic E-state index is 10.4. The molecule has 67 heavy (non-hydrogen) atoms. The Bertz CT molecular complexity index is 1970. The first kappa shape index (κ1) is 94.1. The monoisotopic (exact) mass is 1420 g/mol. The van der Waals surface area contributed by atoms with Gasteiger partial charge < -0.3 is 61.1 Å². The number of hydrogen-bond acceptors (Lipinski definition) is 8. The maximum atomic E-state index is 10.4. The summed E-state index contributed by atoms with van der Waals surface area (Å²) in [7, 11) is 8.17. The molecule has 5 radical (unpaired) electrons. The Hall–Kier alpha value is 1.14. The molecule has 8 nitrogen and oxygen atoms in total. The fourth-order valence-electron chi connectivity index (χ4n) is 4.73. The predicted molar refractivity (Wildman–Crippen MR) is 282 cm³/mol. The Kier molecular flexibility index (Phi) is 81.5. The Morgan fingerprint density at radius 1 is 0.507 bits per heavy atom. The molecule has 361 valence electrons. The summed E-state index contributed by atoms with van der Waals surface area (Å²) in [4.78, 5) is 31.0. The van der Waals surface area contributed by atoms with Gasteiger partial charge in [0.25, 0.3) is 0 Å². The minimum atomic E-state index is 0. The molecule has 0 saturated heterocycles. The van der Waals surface area contributed by atoms with E-state index in [0.29, 0.717) is 40.2 Å². The van der Waals surface area contributed by atoms with Crippen molar-refractivity contribution in [3.05, 3.63) is 190 Å². The average molecular weight is 1420 g/mol. The fraction of sp³-hybridized carbons (Fsp3) is 0.200. The standard InChI is InChI=1S/C10H13OP.C10H14O.C9H10O2.C8H9O2P.C8H8O2.5CH3.BrH2P.5Y/c1-3-4-9-6-5-8(2)7-10(9)11-12;1-3-4-9-6-5-8(2)7-10(9)11;1-7-3-4-8(6-10)9(5-7)11-2;1-6-2-3-7(5-9)8(4-6)10-11;1-6-2-3-7(5-9)8(10)4-6;;;;;;1-2;;;;;/h3-7H,12H2,1-2H3;5-7,11H,3-4H2,1-2H3;3-6H,1-2H3;2-5H,11H2,1H3;2-5,10H,1H3;5*1H3;2H2;;;;;/q;;;;;5*-1;;;;;;/b4-3+;;;;;;;;;;;;;;;. The van der Waals surface area contributed by atoms with Crippen LogP contribution in [0.15, 0.2) is 97.1 Å². The largest absolute Gasteiger partial charge is 0.508 e. The first-order chi connectivity index (χ1) is 27.3. The summed E-state index contributed by atoms with van der Waals surface area (Å²) in [5.41, 5.74) is 9.11. The van der Waals surface area contributed by atoms with Crippen molar-refractivity contribution in [2.24, 2.45) is 0 Å². The van der Waals surface area contributed by atoms with Gasteiger partial charge >= 0.3 is 0 Å². The van der Waals surface area contributed by atoms with E-state index in [1.54, 1.807) is 37.4 Å². The maximum Gasteiger partial charge on any atom is 0.153 e. The van der Waals surface area contributed by atoms with E-state index < -0.39 is 0 Å². The molecule has 0 aliphatic rings. The minimum absolute atomic E-state index is 0. The van der Waals surface area contributed by atoms with Crippen LogP contribution in [-0.2, 0) is 170 Å². The van der Waals surface area contributed by atoms with Crippen molar-refractivity contribution in [1.82, 2.24) is 0 Å². The molecule has 5 aromatic rings. The van der Waals surface area contributed by atoms with Crippen LogP contribution in [0, 0.1) is 71.8 Å². The molecule has 0 spiro atoms. The number of aromatic hydroxyl groups is 2. The van der Waals surface area contributed by atoms with Gasteiger partial charge in [0.05, 0.1) is 42.7 Å². The Balaban J connectivity index is -0.0000000621. The number of hydrogen-bond donors (Lipinski definition) is 2. The number of allylic oxidation sites excluding steroid dienone is 1. The number of aldehydes is 3. The predicted octanol–water partition coefficient (Wildman–Crippen LogP) is 14.6. The summed E-state index contributed by atoms with van der Waals surface area (Å²) in [6.45, 7) is 13.9. The molecule has 0 heterocycles. The first-order valence-electron chi connectivity index (χ1n) is 17.7. The summed E-state index contributed by atoms with van der Waals surface area (Å²) in [5.74, 6) is 2.63. The first-order valence-corrected chi connectivity index (χ1v) is 21.8. The molecule has 3 atom stereocenters. The second-order valence-corrected chi connectivity index (χ2v) is 12.8. The summed E-state index contributed by atoms with van der Waals surface area (Å²) < 4.78 is 15.0. The van der Waals surface area contributed by atoms with Crippen LogP contribution < -0.4 is 13.8 Å². The third-order valence-electron chi connectivity index (χ3n) is 7.65. The molecule has 0 bridgehead atoms. The smallest absolute Gasteiger partial charge is 0.153 e. The topological polar surface area (TPSA) is 119 Å². The van der Waals surface area contributed by atoms with E-state index >= 15 is 0 Å². The van der Waals surface area contributed by atoms with Gasteiger partial charge in [-0.05, 0) is 130 Å². The number of methoxy groups -OCH3 is 1. The van der Waals surface area contributed by atoms with Crippen molar-refractivity contribution in [2.75, 3.05) is 7.11 Å². The van der Waals surface area contributed by atoms with Crippen LogP contribution in [-0.4, -0.2) is 36.2 Å². The molecule has 2 N–H and O–H groups in total. The SMILES string of the molecule is C/C=C/c1ccc(C)cc1OP.CCCc1ccc(C)cc1O.COc1cc(C)ccc1C=O.Cc1ccc(C=O)c(O)c1.Cc1ccc(C=O)c(OP)c1.PBr.[CH3-].[CH3-].[CH3-].[CH3-].[CH3-].[Y].[Y].[Y].[Y].[Y]. The van der Waals surface area contributed by atoms with E-state index in [1.807, 2.05) is 102 Å². The zero-order valence-corrected chi connectivity index (χ0v) is 61.0. The van der Waals surface area contributed by atoms with Gasteiger partial charge in [-0.15, -0.1) is 0 Å². The van der Waals surface area contributed by atoms with Crippen molar-refractivity contribution in [3.8, 4) is 28.7 Å². The number of carbonyl (C=O) groups excluding carboxylic acids is 3. The molecule has 5 aromatic carbocycles. The van der Waals surface area contributed by atoms with Crippen molar-refractivity contribution >= 4 is 67.3 Å². The van der Waals surface area contributed by atoms with Crippen LogP contribution >= 0.6 is 42.4 Å². The number of carbonyl (C=O) groups is 3. The molecule has 0 aliphatic heterocycles. The van der Waals surface area contributed by atoms with Gasteiger partial charge in [-0.25, -0.2) is 0 Å².